The zero-order valence-electron chi connectivity index (χ0n) is 40.2. The first-order valence-corrected chi connectivity index (χ1v) is 25.8. The Labute approximate surface area is 377 Å². The Morgan fingerprint density at radius 1 is 0.344 bits per heavy atom. The molecular weight excluding hydrogens is 757 g/mol. The van der Waals surface area contributed by atoms with Crippen LogP contribution in [0.5, 0.6) is 0 Å². The molecule has 0 spiro atoms. The lowest BCUT2D eigenvalue weighted by Crippen LogP contribution is -2.30. The van der Waals surface area contributed by atoms with Gasteiger partial charge >= 0.3 is 17.9 Å². The highest BCUT2D eigenvalue weighted by atomic mass is 16.6. The van der Waals surface area contributed by atoms with Crippen LogP contribution in [-0.4, -0.2) is 37.2 Å². The molecule has 0 heterocycles. The van der Waals surface area contributed by atoms with Crippen LogP contribution < -0.4 is 0 Å². The quantitative estimate of drug-likeness (QED) is 0.0263. The van der Waals surface area contributed by atoms with Gasteiger partial charge in [0.25, 0.3) is 0 Å². The first kappa shape index (κ1) is 58.1. The van der Waals surface area contributed by atoms with Gasteiger partial charge in [-0.2, -0.15) is 0 Å². The van der Waals surface area contributed by atoms with Crippen molar-refractivity contribution in [3.05, 3.63) is 60.8 Å². The van der Waals surface area contributed by atoms with E-state index in [-0.39, 0.29) is 37.5 Å². The predicted molar refractivity (Wildman–Crippen MR) is 261 cm³/mol. The van der Waals surface area contributed by atoms with E-state index in [4.69, 9.17) is 14.2 Å². The molecule has 0 aliphatic rings. The van der Waals surface area contributed by atoms with E-state index >= 15 is 0 Å². The maximum absolute atomic E-state index is 12.8. The molecule has 0 unspecified atom stereocenters. The van der Waals surface area contributed by atoms with Crippen molar-refractivity contribution in [3.8, 4) is 0 Å². The van der Waals surface area contributed by atoms with Crippen molar-refractivity contribution >= 4 is 17.9 Å². The van der Waals surface area contributed by atoms with Crippen LogP contribution in [0.4, 0.5) is 0 Å². The normalized spacial score (nSPS) is 12.5. The van der Waals surface area contributed by atoms with Crippen molar-refractivity contribution < 1.29 is 28.6 Å². The minimum atomic E-state index is -0.792. The van der Waals surface area contributed by atoms with Gasteiger partial charge in [0.15, 0.2) is 6.10 Å². The molecule has 0 rings (SSSR count). The second kappa shape index (κ2) is 49.8. The topological polar surface area (TPSA) is 78.9 Å². The van der Waals surface area contributed by atoms with Gasteiger partial charge in [-0.15, -0.1) is 0 Å². The maximum atomic E-state index is 12.8. The molecule has 0 aromatic heterocycles. The summed E-state index contributed by atoms with van der Waals surface area (Å²) in [6, 6.07) is 0. The monoisotopic (exact) mass is 853 g/mol. The Bertz CT molecular complexity index is 1120. The van der Waals surface area contributed by atoms with Crippen LogP contribution in [0.3, 0.4) is 0 Å². The molecule has 6 heteroatoms. The van der Waals surface area contributed by atoms with E-state index in [2.05, 4.69) is 81.5 Å². The second-order valence-corrected chi connectivity index (χ2v) is 17.1. The van der Waals surface area contributed by atoms with Crippen LogP contribution >= 0.6 is 0 Å². The molecule has 0 aromatic rings. The number of hydrogen-bond donors (Lipinski definition) is 0. The summed E-state index contributed by atoms with van der Waals surface area (Å²) in [5.74, 6) is -0.943. The summed E-state index contributed by atoms with van der Waals surface area (Å²) in [5.41, 5.74) is 0. The van der Waals surface area contributed by atoms with Crippen molar-refractivity contribution in [1.29, 1.82) is 0 Å². The summed E-state index contributed by atoms with van der Waals surface area (Å²) >= 11 is 0. The molecule has 0 saturated heterocycles. The van der Waals surface area contributed by atoms with Gasteiger partial charge < -0.3 is 14.2 Å². The lowest BCUT2D eigenvalue weighted by molar-refractivity contribution is -0.167. The van der Waals surface area contributed by atoms with Gasteiger partial charge in [-0.05, 0) is 57.8 Å². The molecule has 0 saturated carbocycles. The molecule has 0 aliphatic heterocycles. The fourth-order valence-corrected chi connectivity index (χ4v) is 7.18. The lowest BCUT2D eigenvalue weighted by atomic mass is 10.0. The van der Waals surface area contributed by atoms with Crippen molar-refractivity contribution in [2.75, 3.05) is 13.2 Å². The smallest absolute Gasteiger partial charge is 0.306 e. The summed E-state index contributed by atoms with van der Waals surface area (Å²) in [5, 5.41) is 0. The Morgan fingerprint density at radius 2 is 0.639 bits per heavy atom. The van der Waals surface area contributed by atoms with Crippen molar-refractivity contribution in [3.63, 3.8) is 0 Å². The summed E-state index contributed by atoms with van der Waals surface area (Å²) < 4.78 is 16.7. The number of allylic oxidation sites excluding steroid dienone is 10. The molecule has 352 valence electrons. The van der Waals surface area contributed by atoms with Crippen LogP contribution in [-0.2, 0) is 28.6 Å². The standard InChI is InChI=1S/C55H96O6/c1-4-7-10-13-16-19-22-25-27-28-29-31-33-36-39-42-45-48-54(57)60-51-52(50-59-53(56)47-44-41-38-35-32-24-21-18-15-12-9-6-3)61-55(58)49-46-43-40-37-34-30-26-23-20-17-14-11-8-5-2/h7,10,16,19,25,27,29,31,36,39,52H,4-6,8-9,11-15,17-18,20-24,26,28,30,32-35,37-38,40-51H2,1-3H3/b10-7-,19-16-,27-25-,31-29-,39-36-/t52-/m1/s1. The molecule has 0 aliphatic carbocycles. The van der Waals surface area contributed by atoms with E-state index in [1.807, 2.05) is 0 Å². The van der Waals surface area contributed by atoms with Gasteiger partial charge in [-0.3, -0.25) is 14.4 Å². The highest BCUT2D eigenvalue weighted by Crippen LogP contribution is 2.15. The predicted octanol–water partition coefficient (Wildman–Crippen LogP) is 16.9. The van der Waals surface area contributed by atoms with Crippen LogP contribution in [0.25, 0.3) is 0 Å². The molecule has 0 bridgehead atoms. The molecule has 61 heavy (non-hydrogen) atoms. The average molecular weight is 853 g/mol. The van der Waals surface area contributed by atoms with E-state index in [0.717, 1.165) is 77.0 Å². The van der Waals surface area contributed by atoms with Gasteiger partial charge in [-0.1, -0.05) is 236 Å². The maximum Gasteiger partial charge on any atom is 0.306 e. The summed E-state index contributed by atoms with van der Waals surface area (Å²) in [7, 11) is 0. The average Bonchev–Trinajstić information content (AvgIpc) is 3.26. The number of rotatable bonds is 46. The third kappa shape index (κ3) is 48.0. The first-order chi connectivity index (χ1) is 30.0. The zero-order chi connectivity index (χ0) is 44.4. The fourth-order valence-electron chi connectivity index (χ4n) is 7.18. The molecule has 0 radical (unpaired) electrons. The minimum absolute atomic E-state index is 0.0884. The number of unbranched alkanes of at least 4 members (excludes halogenated alkanes) is 25. The second-order valence-electron chi connectivity index (χ2n) is 17.1. The Morgan fingerprint density at radius 3 is 1.00 bits per heavy atom. The SMILES string of the molecule is CC/C=C\C/C=C\C/C=C\C/C=C\C/C=C\CCCC(=O)OC[C@@H](COC(=O)CCCCCCCCCCCCCC)OC(=O)CCCCCCCCCCCCCCCC. The van der Waals surface area contributed by atoms with Gasteiger partial charge in [0, 0.05) is 19.3 Å². The molecular formula is C55H96O6. The zero-order valence-corrected chi connectivity index (χ0v) is 40.2. The largest absolute Gasteiger partial charge is 0.462 e. The molecule has 6 nitrogen and oxygen atoms in total. The Balaban J connectivity index is 4.44. The van der Waals surface area contributed by atoms with Crippen LogP contribution in [0.2, 0.25) is 0 Å². The van der Waals surface area contributed by atoms with Crippen molar-refractivity contribution in [2.45, 2.75) is 258 Å². The van der Waals surface area contributed by atoms with Gasteiger partial charge in [0.05, 0.1) is 0 Å². The van der Waals surface area contributed by atoms with Gasteiger partial charge in [0.2, 0.25) is 0 Å². The highest BCUT2D eigenvalue weighted by molar-refractivity contribution is 5.71. The van der Waals surface area contributed by atoms with Crippen LogP contribution in [0.15, 0.2) is 60.8 Å². The van der Waals surface area contributed by atoms with E-state index in [0.29, 0.717) is 19.3 Å². The molecule has 0 amide bonds. The fraction of sp³-hybridized carbons (Fsp3) is 0.764. The number of carbonyl (C=O) groups is 3. The molecule has 0 fully saturated rings. The summed E-state index contributed by atoms with van der Waals surface area (Å²) in [6.45, 7) is 6.48. The Kier molecular flexibility index (Phi) is 47.4. The van der Waals surface area contributed by atoms with Crippen LogP contribution in [0.1, 0.15) is 252 Å². The molecule has 0 aromatic carbocycles. The van der Waals surface area contributed by atoms with Crippen molar-refractivity contribution in [2.24, 2.45) is 0 Å². The third-order valence-corrected chi connectivity index (χ3v) is 11.0. The van der Waals surface area contributed by atoms with Gasteiger partial charge in [-0.25, -0.2) is 0 Å². The van der Waals surface area contributed by atoms with Crippen LogP contribution in [0, 0.1) is 0 Å². The number of esters is 3. The van der Waals surface area contributed by atoms with E-state index in [1.54, 1.807) is 0 Å². The number of ether oxygens (including phenoxy) is 3. The van der Waals surface area contributed by atoms with E-state index < -0.39 is 6.10 Å². The number of carbonyl (C=O) groups excluding carboxylic acids is 3. The van der Waals surface area contributed by atoms with E-state index in [1.165, 1.54) is 128 Å². The summed E-state index contributed by atoms with van der Waals surface area (Å²) in [4.78, 5) is 37.9. The third-order valence-electron chi connectivity index (χ3n) is 11.0. The first-order valence-electron chi connectivity index (χ1n) is 25.8. The lowest BCUT2D eigenvalue weighted by Gasteiger charge is -2.18. The number of hydrogen-bond acceptors (Lipinski definition) is 6. The van der Waals surface area contributed by atoms with Gasteiger partial charge in [0.1, 0.15) is 13.2 Å². The molecule has 0 N–H and O–H groups in total. The molecule has 1 atom stereocenters. The summed E-state index contributed by atoms with van der Waals surface area (Å²) in [6.07, 6.45) is 60.6. The highest BCUT2D eigenvalue weighted by Gasteiger charge is 2.19. The Hall–Kier alpha value is -2.89. The van der Waals surface area contributed by atoms with E-state index in [9.17, 15) is 14.4 Å². The van der Waals surface area contributed by atoms with Crippen molar-refractivity contribution in [1.82, 2.24) is 0 Å². The minimum Gasteiger partial charge on any atom is -0.462 e.